The number of carbonyl (C=O) groups excluding carboxylic acids is 1. The summed E-state index contributed by atoms with van der Waals surface area (Å²) >= 11 is 13.4. The number of aromatic carboxylic acids is 1. The Kier molecular flexibility index (Phi) is 5.36. The zero-order valence-electron chi connectivity index (χ0n) is 13.4. The number of benzene rings is 2. The molecule has 3 rings (SSSR count). The van der Waals surface area contributed by atoms with E-state index < -0.39 is 5.97 Å². The highest BCUT2D eigenvalue weighted by Crippen LogP contribution is 2.35. The van der Waals surface area contributed by atoms with Crippen LogP contribution in [-0.2, 0) is 4.79 Å². The molecule has 26 heavy (non-hydrogen) atoms. The highest BCUT2D eigenvalue weighted by atomic mass is 35.5. The zero-order valence-corrected chi connectivity index (χ0v) is 15.8. The van der Waals surface area contributed by atoms with Crippen LogP contribution < -0.4 is 0 Å². The third-order valence-corrected chi connectivity index (χ3v) is 5.50. The third kappa shape index (κ3) is 3.77. The summed E-state index contributed by atoms with van der Waals surface area (Å²) in [5.41, 5.74) is 1.38. The van der Waals surface area contributed by atoms with Crippen LogP contribution in [0.4, 0.5) is 5.69 Å². The molecule has 0 unspecified atom stereocenters. The van der Waals surface area contributed by atoms with Gasteiger partial charge < -0.3 is 5.11 Å². The topological polar surface area (TPSA) is 70.0 Å². The van der Waals surface area contributed by atoms with Crippen LogP contribution in [0.2, 0.25) is 10.0 Å². The highest BCUT2D eigenvalue weighted by molar-refractivity contribution is 8.18. The van der Waals surface area contributed by atoms with Crippen molar-refractivity contribution in [2.24, 2.45) is 4.99 Å². The molecule has 2 aromatic rings. The lowest BCUT2D eigenvalue weighted by Crippen LogP contribution is -2.23. The number of aliphatic imine (C=N–C) groups is 1. The van der Waals surface area contributed by atoms with Gasteiger partial charge in [0.25, 0.3) is 5.91 Å². The van der Waals surface area contributed by atoms with Gasteiger partial charge >= 0.3 is 5.97 Å². The number of amidine groups is 1. The Morgan fingerprint density at radius 2 is 1.88 bits per heavy atom. The Hall–Kier alpha value is -2.28. The van der Waals surface area contributed by atoms with E-state index in [1.807, 2.05) is 0 Å². The molecule has 1 aliphatic heterocycles. The molecule has 8 heteroatoms. The molecule has 0 aromatic heterocycles. The molecule has 0 saturated carbocycles. The zero-order chi connectivity index (χ0) is 18.8. The van der Waals surface area contributed by atoms with Gasteiger partial charge in [0.2, 0.25) is 0 Å². The average molecular weight is 407 g/mol. The van der Waals surface area contributed by atoms with Crippen molar-refractivity contribution < 1.29 is 14.7 Å². The Labute approximate surface area is 163 Å². The minimum Gasteiger partial charge on any atom is -0.478 e. The maximum absolute atomic E-state index is 12.5. The SMILES string of the molecule is CN1C(=O)/C(=C\c2cccc(Cl)c2Cl)SC1=Nc1ccc(C(=O)O)cc1. The summed E-state index contributed by atoms with van der Waals surface area (Å²) in [5, 5.41) is 10.2. The quantitative estimate of drug-likeness (QED) is 0.733. The fourth-order valence-corrected chi connectivity index (χ4v) is 3.55. The van der Waals surface area contributed by atoms with E-state index in [1.54, 1.807) is 43.5 Å². The summed E-state index contributed by atoms with van der Waals surface area (Å²) < 4.78 is 0. The number of carboxylic acid groups (broad SMARTS) is 1. The van der Waals surface area contributed by atoms with E-state index in [0.29, 0.717) is 31.4 Å². The van der Waals surface area contributed by atoms with E-state index in [-0.39, 0.29) is 11.5 Å². The van der Waals surface area contributed by atoms with Gasteiger partial charge in [-0.05, 0) is 53.7 Å². The van der Waals surface area contributed by atoms with E-state index in [2.05, 4.69) is 4.99 Å². The van der Waals surface area contributed by atoms with E-state index in [9.17, 15) is 9.59 Å². The number of nitrogens with zero attached hydrogens (tertiary/aromatic N) is 2. The van der Waals surface area contributed by atoms with Crippen LogP contribution in [0.3, 0.4) is 0 Å². The van der Waals surface area contributed by atoms with Gasteiger partial charge in [0.15, 0.2) is 5.17 Å². The van der Waals surface area contributed by atoms with Gasteiger partial charge in [-0.1, -0.05) is 35.3 Å². The van der Waals surface area contributed by atoms with Gasteiger partial charge in [0.05, 0.1) is 26.2 Å². The third-order valence-electron chi connectivity index (χ3n) is 3.61. The normalized spacial score (nSPS) is 17.3. The van der Waals surface area contributed by atoms with Crippen LogP contribution in [0.25, 0.3) is 6.08 Å². The molecule has 1 amide bonds. The number of hydrogen-bond acceptors (Lipinski definition) is 4. The minimum absolute atomic E-state index is 0.175. The van der Waals surface area contributed by atoms with E-state index >= 15 is 0 Å². The van der Waals surface area contributed by atoms with Gasteiger partial charge in [-0.2, -0.15) is 0 Å². The highest BCUT2D eigenvalue weighted by Gasteiger charge is 2.30. The van der Waals surface area contributed by atoms with Crippen LogP contribution in [0, 0.1) is 0 Å². The number of thioether (sulfide) groups is 1. The number of carbonyl (C=O) groups is 2. The van der Waals surface area contributed by atoms with Gasteiger partial charge in [0, 0.05) is 7.05 Å². The van der Waals surface area contributed by atoms with Crippen molar-refractivity contribution in [2.75, 3.05) is 7.05 Å². The van der Waals surface area contributed by atoms with Crippen LogP contribution in [0.5, 0.6) is 0 Å². The van der Waals surface area contributed by atoms with Crippen LogP contribution >= 0.6 is 35.0 Å². The second-order valence-electron chi connectivity index (χ2n) is 5.36. The summed E-state index contributed by atoms with van der Waals surface area (Å²) in [5.74, 6) is -1.21. The maximum atomic E-state index is 12.5. The molecule has 0 spiro atoms. The Morgan fingerprint density at radius 3 is 2.54 bits per heavy atom. The smallest absolute Gasteiger partial charge is 0.335 e. The lowest BCUT2D eigenvalue weighted by molar-refractivity contribution is -0.121. The summed E-state index contributed by atoms with van der Waals surface area (Å²) in [6, 6.07) is 11.3. The summed E-state index contributed by atoms with van der Waals surface area (Å²) in [6.45, 7) is 0. The van der Waals surface area contributed by atoms with Crippen molar-refractivity contribution >= 4 is 63.8 Å². The van der Waals surface area contributed by atoms with E-state index in [1.165, 1.54) is 28.8 Å². The van der Waals surface area contributed by atoms with E-state index in [4.69, 9.17) is 28.3 Å². The Bertz CT molecular complexity index is 955. The second-order valence-corrected chi connectivity index (χ2v) is 7.16. The summed E-state index contributed by atoms with van der Waals surface area (Å²) in [7, 11) is 1.63. The van der Waals surface area contributed by atoms with Crippen molar-refractivity contribution in [1.82, 2.24) is 4.90 Å². The lowest BCUT2D eigenvalue weighted by Gasteiger charge is -2.07. The van der Waals surface area contributed by atoms with Crippen molar-refractivity contribution in [3.05, 3.63) is 68.5 Å². The first-order valence-corrected chi connectivity index (χ1v) is 8.97. The van der Waals surface area contributed by atoms with Crippen LogP contribution in [0.15, 0.2) is 52.4 Å². The number of rotatable bonds is 3. The Morgan fingerprint density at radius 1 is 1.19 bits per heavy atom. The molecule has 1 N–H and O–H groups in total. The maximum Gasteiger partial charge on any atom is 0.335 e. The first kappa shape index (κ1) is 18.5. The average Bonchev–Trinajstić information content (AvgIpc) is 2.87. The number of carboxylic acids is 1. The standard InChI is InChI=1S/C18H12Cl2N2O3S/c1-22-16(23)14(9-11-3-2-4-13(19)15(11)20)26-18(22)21-12-7-5-10(6-8-12)17(24)25/h2-9H,1H3,(H,24,25)/b14-9+,21-18?. The number of halogens is 2. The first-order valence-electron chi connectivity index (χ1n) is 7.40. The molecular formula is C18H12Cl2N2O3S. The largest absolute Gasteiger partial charge is 0.478 e. The molecule has 5 nitrogen and oxygen atoms in total. The summed E-state index contributed by atoms with van der Waals surface area (Å²) in [6.07, 6.45) is 1.67. The fourth-order valence-electron chi connectivity index (χ4n) is 2.21. The molecular weight excluding hydrogens is 395 g/mol. The van der Waals surface area contributed by atoms with Gasteiger partial charge in [-0.3, -0.25) is 9.69 Å². The minimum atomic E-state index is -1.00. The van der Waals surface area contributed by atoms with Crippen LogP contribution in [-0.4, -0.2) is 34.1 Å². The number of hydrogen-bond donors (Lipinski definition) is 1. The molecule has 1 fully saturated rings. The van der Waals surface area contributed by atoms with Gasteiger partial charge in [0.1, 0.15) is 0 Å². The predicted molar refractivity (Wildman–Crippen MR) is 105 cm³/mol. The fraction of sp³-hybridized carbons (Fsp3) is 0.0556. The first-order chi connectivity index (χ1) is 12.4. The van der Waals surface area contributed by atoms with Crippen molar-refractivity contribution in [3.8, 4) is 0 Å². The molecule has 1 aliphatic rings. The van der Waals surface area contributed by atoms with Gasteiger partial charge in [-0.15, -0.1) is 0 Å². The van der Waals surface area contributed by atoms with Crippen molar-refractivity contribution in [2.45, 2.75) is 0 Å². The molecule has 0 atom stereocenters. The molecule has 1 saturated heterocycles. The van der Waals surface area contributed by atoms with Gasteiger partial charge in [-0.25, -0.2) is 9.79 Å². The monoisotopic (exact) mass is 406 g/mol. The number of likely N-dealkylation sites (N-methyl/N-ethyl adjacent to an activating group) is 1. The van der Waals surface area contributed by atoms with E-state index in [0.717, 1.165) is 0 Å². The summed E-state index contributed by atoms with van der Waals surface area (Å²) in [4.78, 5) is 29.7. The number of amides is 1. The molecule has 0 bridgehead atoms. The molecule has 0 radical (unpaired) electrons. The molecule has 1 heterocycles. The Balaban J connectivity index is 1.90. The van der Waals surface area contributed by atoms with Crippen molar-refractivity contribution in [1.29, 1.82) is 0 Å². The second kappa shape index (κ2) is 7.53. The van der Waals surface area contributed by atoms with Crippen LogP contribution in [0.1, 0.15) is 15.9 Å². The predicted octanol–water partition coefficient (Wildman–Crippen LogP) is 4.93. The lowest BCUT2D eigenvalue weighted by atomic mass is 10.2. The molecule has 132 valence electrons. The van der Waals surface area contributed by atoms with Crippen molar-refractivity contribution in [3.63, 3.8) is 0 Å². The molecule has 2 aromatic carbocycles. The molecule has 0 aliphatic carbocycles.